The van der Waals surface area contributed by atoms with Gasteiger partial charge in [-0.15, -0.1) is 0 Å². The van der Waals surface area contributed by atoms with E-state index in [1.54, 1.807) is 24.5 Å². The third kappa shape index (κ3) is 7.03. The molecule has 2 N–H and O–H groups in total. The smallest absolute Gasteiger partial charge is 0.309 e. The van der Waals surface area contributed by atoms with Crippen LogP contribution in [0.3, 0.4) is 0 Å². The Morgan fingerprint density at radius 1 is 0.943 bits per heavy atom. The molecule has 35 heavy (non-hydrogen) atoms. The van der Waals surface area contributed by atoms with Gasteiger partial charge in [0, 0.05) is 52.4 Å². The number of benzene rings is 1. The molecule has 2 fully saturated rings. The lowest BCUT2D eigenvalue weighted by Gasteiger charge is -2.39. The fraction of sp³-hybridized carbons (Fsp3) is 0.520. The van der Waals surface area contributed by atoms with Crippen LogP contribution < -0.4 is 15.5 Å². The Hall–Kier alpha value is -2.95. The lowest BCUT2D eigenvalue weighted by atomic mass is 10.1. The van der Waals surface area contributed by atoms with Crippen LogP contribution in [0.1, 0.15) is 18.2 Å². The average molecular weight is 488 g/mol. The maximum atomic E-state index is 14.2. The molecular formula is C25H34FN5O4. The number of piperazine rings is 1. The summed E-state index contributed by atoms with van der Waals surface area (Å²) >= 11 is 0. The maximum absolute atomic E-state index is 14.2. The van der Waals surface area contributed by atoms with E-state index in [1.807, 2.05) is 17.0 Å². The number of hydrogen-bond donors (Lipinski definition) is 2. The van der Waals surface area contributed by atoms with Crippen molar-refractivity contribution in [1.82, 2.24) is 20.4 Å². The molecule has 0 aliphatic carbocycles. The molecule has 190 valence electrons. The molecule has 9 nitrogen and oxygen atoms in total. The largest absolute Gasteiger partial charge is 0.468 e. The van der Waals surface area contributed by atoms with Gasteiger partial charge in [0.2, 0.25) is 0 Å². The van der Waals surface area contributed by atoms with E-state index in [0.29, 0.717) is 38.4 Å². The quantitative estimate of drug-likeness (QED) is 0.406. The van der Waals surface area contributed by atoms with Crippen molar-refractivity contribution in [2.45, 2.75) is 12.5 Å². The Morgan fingerprint density at radius 2 is 1.69 bits per heavy atom. The summed E-state index contributed by atoms with van der Waals surface area (Å²) < 4.78 is 25.1. The summed E-state index contributed by atoms with van der Waals surface area (Å²) in [6.45, 7) is 7.47. The molecule has 2 aliphatic rings. The Bertz CT molecular complexity index is 943. The highest BCUT2D eigenvalue weighted by Crippen LogP contribution is 2.25. The summed E-state index contributed by atoms with van der Waals surface area (Å²) in [7, 11) is 0. The molecule has 2 amide bonds. The van der Waals surface area contributed by atoms with Crippen LogP contribution in [0.15, 0.2) is 47.1 Å². The molecule has 0 saturated carbocycles. The Morgan fingerprint density at radius 3 is 2.40 bits per heavy atom. The minimum absolute atomic E-state index is 0.217. The number of nitrogens with zero attached hydrogens (tertiary/aromatic N) is 3. The number of carbonyl (C=O) groups excluding carboxylic acids is 2. The lowest BCUT2D eigenvalue weighted by molar-refractivity contribution is -0.139. The van der Waals surface area contributed by atoms with Gasteiger partial charge in [-0.25, -0.2) is 4.39 Å². The normalized spacial score (nSPS) is 18.3. The van der Waals surface area contributed by atoms with Crippen molar-refractivity contribution in [2.24, 2.45) is 0 Å². The van der Waals surface area contributed by atoms with Gasteiger partial charge in [0.1, 0.15) is 11.6 Å². The van der Waals surface area contributed by atoms with Crippen molar-refractivity contribution >= 4 is 17.5 Å². The van der Waals surface area contributed by atoms with Gasteiger partial charge < -0.3 is 24.7 Å². The van der Waals surface area contributed by atoms with E-state index >= 15 is 0 Å². The molecule has 2 saturated heterocycles. The second-order valence-electron chi connectivity index (χ2n) is 8.78. The van der Waals surface area contributed by atoms with Crippen LogP contribution in [0.4, 0.5) is 10.1 Å². The Kier molecular flexibility index (Phi) is 9.10. The Labute approximate surface area is 205 Å². The van der Waals surface area contributed by atoms with Crippen LogP contribution in [-0.2, 0) is 14.3 Å². The van der Waals surface area contributed by atoms with Crippen molar-refractivity contribution in [1.29, 1.82) is 0 Å². The lowest BCUT2D eigenvalue weighted by Crippen LogP contribution is -2.51. The number of halogens is 1. The number of anilines is 1. The van der Waals surface area contributed by atoms with E-state index in [1.165, 1.54) is 6.07 Å². The second-order valence-corrected chi connectivity index (χ2v) is 8.78. The standard InChI is InChI=1S/C25H34FN5O4/c26-20-5-1-2-6-21(20)30-10-12-31(13-11-30)22(23-7-3-16-35-23)19-28-25(33)24(32)27-8-4-9-29-14-17-34-18-15-29/h1-3,5-7,16,22H,4,8-15,17-19H2,(H,27,32)(H,28,33). The molecule has 3 heterocycles. The third-order valence-electron chi connectivity index (χ3n) is 6.52. The highest BCUT2D eigenvalue weighted by atomic mass is 19.1. The van der Waals surface area contributed by atoms with Crippen LogP contribution in [0.5, 0.6) is 0 Å². The van der Waals surface area contributed by atoms with Crippen LogP contribution in [0, 0.1) is 5.82 Å². The first-order valence-corrected chi connectivity index (χ1v) is 12.2. The van der Waals surface area contributed by atoms with E-state index in [9.17, 15) is 14.0 Å². The van der Waals surface area contributed by atoms with E-state index in [0.717, 1.165) is 45.0 Å². The fourth-order valence-electron chi connectivity index (χ4n) is 4.55. The van der Waals surface area contributed by atoms with Gasteiger partial charge in [-0.2, -0.15) is 0 Å². The van der Waals surface area contributed by atoms with Gasteiger partial charge in [-0.1, -0.05) is 12.1 Å². The summed E-state index contributed by atoms with van der Waals surface area (Å²) in [4.78, 5) is 31.2. The molecule has 1 atom stereocenters. The number of ether oxygens (including phenoxy) is 1. The zero-order valence-electron chi connectivity index (χ0n) is 20.0. The van der Waals surface area contributed by atoms with E-state index in [4.69, 9.17) is 9.15 Å². The van der Waals surface area contributed by atoms with E-state index in [-0.39, 0.29) is 18.4 Å². The molecule has 1 aromatic carbocycles. The van der Waals surface area contributed by atoms with E-state index in [2.05, 4.69) is 20.4 Å². The highest BCUT2D eigenvalue weighted by Gasteiger charge is 2.28. The number of furan rings is 1. The second kappa shape index (κ2) is 12.7. The zero-order chi connectivity index (χ0) is 24.5. The number of morpholine rings is 1. The number of para-hydroxylation sites is 1. The topological polar surface area (TPSA) is 90.3 Å². The Balaban J connectivity index is 1.24. The monoisotopic (exact) mass is 487 g/mol. The molecule has 2 aliphatic heterocycles. The number of hydrogen-bond acceptors (Lipinski definition) is 7. The van der Waals surface area contributed by atoms with Crippen LogP contribution >= 0.6 is 0 Å². The van der Waals surface area contributed by atoms with Crippen LogP contribution in [0.25, 0.3) is 0 Å². The zero-order valence-corrected chi connectivity index (χ0v) is 20.0. The van der Waals surface area contributed by atoms with Crippen LogP contribution in [-0.4, -0.2) is 93.7 Å². The SMILES string of the molecule is O=C(NCCCN1CCOCC1)C(=O)NCC(c1ccco1)N1CCN(c2ccccc2F)CC1. The first-order chi connectivity index (χ1) is 17.1. The van der Waals surface area contributed by atoms with Gasteiger partial charge in [-0.3, -0.25) is 19.4 Å². The molecule has 2 aromatic rings. The molecule has 0 radical (unpaired) electrons. The van der Waals surface area contributed by atoms with Crippen molar-refractivity contribution < 1.29 is 23.1 Å². The number of amides is 2. The minimum atomic E-state index is -0.655. The van der Waals surface area contributed by atoms with Gasteiger partial charge >= 0.3 is 11.8 Å². The molecule has 0 bridgehead atoms. The number of nitrogens with one attached hydrogen (secondary N) is 2. The number of carbonyl (C=O) groups is 2. The first-order valence-electron chi connectivity index (χ1n) is 12.2. The fourth-order valence-corrected chi connectivity index (χ4v) is 4.55. The molecular weight excluding hydrogens is 453 g/mol. The summed E-state index contributed by atoms with van der Waals surface area (Å²) in [5.41, 5.74) is 0.597. The molecule has 1 unspecified atom stereocenters. The minimum Gasteiger partial charge on any atom is -0.468 e. The predicted molar refractivity (Wildman–Crippen MR) is 130 cm³/mol. The van der Waals surface area contributed by atoms with Gasteiger partial charge in [0.15, 0.2) is 0 Å². The summed E-state index contributed by atoms with van der Waals surface area (Å²) in [6, 6.07) is 10.2. The third-order valence-corrected chi connectivity index (χ3v) is 6.52. The molecule has 4 rings (SSSR count). The van der Waals surface area contributed by atoms with E-state index < -0.39 is 11.8 Å². The van der Waals surface area contributed by atoms with Gasteiger partial charge in [0.05, 0.1) is 31.2 Å². The molecule has 0 spiro atoms. The van der Waals surface area contributed by atoms with Crippen molar-refractivity contribution in [3.05, 3.63) is 54.2 Å². The van der Waals surface area contributed by atoms with Crippen molar-refractivity contribution in [2.75, 3.05) is 77.0 Å². The average Bonchev–Trinajstić information content (AvgIpc) is 3.42. The van der Waals surface area contributed by atoms with Gasteiger partial charge in [-0.05, 0) is 37.2 Å². The van der Waals surface area contributed by atoms with Crippen molar-refractivity contribution in [3.63, 3.8) is 0 Å². The number of rotatable bonds is 9. The highest BCUT2D eigenvalue weighted by molar-refractivity contribution is 6.35. The summed E-state index contributed by atoms with van der Waals surface area (Å²) in [6.07, 6.45) is 2.38. The predicted octanol–water partition coefficient (Wildman–Crippen LogP) is 1.24. The van der Waals surface area contributed by atoms with Crippen LogP contribution in [0.2, 0.25) is 0 Å². The molecule has 10 heteroatoms. The first kappa shape index (κ1) is 25.2. The summed E-state index contributed by atoms with van der Waals surface area (Å²) in [5, 5.41) is 5.46. The maximum Gasteiger partial charge on any atom is 0.309 e. The van der Waals surface area contributed by atoms with Gasteiger partial charge in [0.25, 0.3) is 0 Å². The summed E-state index contributed by atoms with van der Waals surface area (Å²) in [5.74, 6) is -0.796. The van der Waals surface area contributed by atoms with Crippen molar-refractivity contribution in [3.8, 4) is 0 Å². The molecule has 1 aromatic heterocycles.